The van der Waals surface area contributed by atoms with Gasteiger partial charge in [0.1, 0.15) is 17.3 Å². The van der Waals surface area contributed by atoms with E-state index >= 15 is 0 Å². The number of pyridine rings is 1. The highest BCUT2D eigenvalue weighted by molar-refractivity contribution is 5.94. The summed E-state index contributed by atoms with van der Waals surface area (Å²) in [5.74, 6) is 0.796. The Hall–Kier alpha value is -3.99. The van der Waals surface area contributed by atoms with E-state index in [4.69, 9.17) is 4.74 Å². The van der Waals surface area contributed by atoms with Gasteiger partial charge in [-0.1, -0.05) is 36.4 Å². The molecule has 0 radical (unpaired) electrons. The monoisotopic (exact) mass is 412 g/mol. The van der Waals surface area contributed by atoms with Gasteiger partial charge in [-0.25, -0.2) is 4.39 Å². The number of carbonyl (C=O) groups excluding carboxylic acids is 1. The average Bonchev–Trinajstić information content (AvgIpc) is 2.81. The van der Waals surface area contributed by atoms with Crippen LogP contribution in [0.4, 0.5) is 4.39 Å². The molecule has 31 heavy (non-hydrogen) atoms. The number of carbonyl (C=O) groups is 1. The molecule has 1 aromatic heterocycles. The van der Waals surface area contributed by atoms with Gasteiger partial charge in [-0.2, -0.15) is 0 Å². The van der Waals surface area contributed by atoms with Gasteiger partial charge in [0, 0.05) is 18.8 Å². The first-order valence-electron chi connectivity index (χ1n) is 9.88. The molecule has 0 aliphatic rings. The van der Waals surface area contributed by atoms with E-state index in [0.29, 0.717) is 22.6 Å². The molecule has 0 bridgehead atoms. The Morgan fingerprint density at radius 3 is 2.26 bits per heavy atom. The molecule has 1 atom stereocenters. The third kappa shape index (κ3) is 4.78. The van der Waals surface area contributed by atoms with Gasteiger partial charge in [0.05, 0.1) is 11.7 Å². The maximum atomic E-state index is 13.9. The first-order chi connectivity index (χ1) is 15.1. The van der Waals surface area contributed by atoms with Gasteiger partial charge in [0.2, 0.25) is 0 Å². The third-order valence-corrected chi connectivity index (χ3v) is 4.92. The fraction of sp³-hybridized carbons (Fsp3) is 0.0769. The maximum Gasteiger partial charge on any atom is 0.254 e. The summed E-state index contributed by atoms with van der Waals surface area (Å²) in [6.45, 7) is 0. The number of ether oxygens (including phenoxy) is 1. The summed E-state index contributed by atoms with van der Waals surface area (Å²) in [5, 5.41) is 0. The second kappa shape index (κ2) is 9.22. The Morgan fingerprint density at radius 1 is 0.871 bits per heavy atom. The fourth-order valence-corrected chi connectivity index (χ4v) is 3.42. The molecule has 0 N–H and O–H groups in total. The minimum atomic E-state index is -0.523. The Labute approximate surface area is 180 Å². The van der Waals surface area contributed by atoms with Crippen molar-refractivity contribution in [2.75, 3.05) is 7.05 Å². The summed E-state index contributed by atoms with van der Waals surface area (Å²) >= 11 is 0. The first kappa shape index (κ1) is 20.3. The SMILES string of the molecule is CN(C(=O)c1ccc(Oc2ccccc2)cc1)C(c1cccc(F)c1)c1ccccn1. The second-order valence-corrected chi connectivity index (χ2v) is 7.07. The molecule has 0 aliphatic heterocycles. The number of para-hydroxylation sites is 1. The van der Waals surface area contributed by atoms with Crippen molar-refractivity contribution >= 4 is 5.91 Å². The zero-order valence-corrected chi connectivity index (χ0v) is 17.0. The molecule has 1 unspecified atom stereocenters. The number of aromatic nitrogens is 1. The van der Waals surface area contributed by atoms with Crippen LogP contribution in [0.15, 0.2) is 103 Å². The average molecular weight is 412 g/mol. The predicted molar refractivity (Wildman–Crippen MR) is 118 cm³/mol. The molecule has 4 nitrogen and oxygen atoms in total. The van der Waals surface area contributed by atoms with E-state index in [0.717, 1.165) is 5.75 Å². The molecule has 5 heteroatoms. The number of rotatable bonds is 6. The summed E-state index contributed by atoms with van der Waals surface area (Å²) in [6.07, 6.45) is 1.66. The molecule has 4 rings (SSSR count). The molecule has 4 aromatic rings. The highest BCUT2D eigenvalue weighted by Gasteiger charge is 2.26. The number of benzene rings is 3. The van der Waals surface area contributed by atoms with Gasteiger partial charge >= 0.3 is 0 Å². The van der Waals surface area contributed by atoms with Crippen molar-refractivity contribution in [1.82, 2.24) is 9.88 Å². The van der Waals surface area contributed by atoms with Crippen molar-refractivity contribution in [2.24, 2.45) is 0 Å². The van der Waals surface area contributed by atoms with Gasteiger partial charge in [-0.3, -0.25) is 9.78 Å². The van der Waals surface area contributed by atoms with Crippen LogP contribution in [0.3, 0.4) is 0 Å². The fourth-order valence-electron chi connectivity index (χ4n) is 3.42. The number of hydrogen-bond acceptors (Lipinski definition) is 3. The number of halogens is 1. The van der Waals surface area contributed by atoms with Crippen molar-refractivity contribution < 1.29 is 13.9 Å². The van der Waals surface area contributed by atoms with Crippen LogP contribution in [-0.2, 0) is 0 Å². The minimum Gasteiger partial charge on any atom is -0.457 e. The van der Waals surface area contributed by atoms with E-state index in [1.807, 2.05) is 42.5 Å². The van der Waals surface area contributed by atoms with Crippen LogP contribution < -0.4 is 4.74 Å². The molecule has 0 aliphatic carbocycles. The van der Waals surface area contributed by atoms with E-state index < -0.39 is 6.04 Å². The van der Waals surface area contributed by atoms with Crippen LogP contribution in [0.2, 0.25) is 0 Å². The third-order valence-electron chi connectivity index (χ3n) is 4.92. The van der Waals surface area contributed by atoms with Gasteiger partial charge in [-0.05, 0) is 66.2 Å². The van der Waals surface area contributed by atoms with Crippen LogP contribution in [-0.4, -0.2) is 22.8 Å². The standard InChI is InChI=1S/C26H21FN2O2/c1-29(25(24-12-5-6-17-28-24)20-8-7-9-21(27)18-20)26(30)19-13-15-23(16-14-19)31-22-10-3-2-4-11-22/h2-18,25H,1H3. The molecule has 0 saturated carbocycles. The zero-order valence-electron chi connectivity index (χ0n) is 17.0. The number of amides is 1. The highest BCUT2D eigenvalue weighted by atomic mass is 19.1. The zero-order chi connectivity index (χ0) is 21.6. The summed E-state index contributed by atoms with van der Waals surface area (Å²) in [7, 11) is 1.70. The van der Waals surface area contributed by atoms with E-state index in [1.165, 1.54) is 12.1 Å². The van der Waals surface area contributed by atoms with Crippen LogP contribution in [0, 0.1) is 5.82 Å². The molecular weight excluding hydrogens is 391 g/mol. The van der Waals surface area contributed by atoms with Gasteiger partial charge in [-0.15, -0.1) is 0 Å². The number of nitrogens with zero attached hydrogens (tertiary/aromatic N) is 2. The van der Waals surface area contributed by atoms with E-state index in [-0.39, 0.29) is 11.7 Å². The Bertz CT molecular complexity index is 1150. The van der Waals surface area contributed by atoms with Gasteiger partial charge < -0.3 is 9.64 Å². The highest BCUT2D eigenvalue weighted by Crippen LogP contribution is 2.29. The van der Waals surface area contributed by atoms with E-state index in [2.05, 4.69) is 4.98 Å². The van der Waals surface area contributed by atoms with Crippen LogP contribution in [0.5, 0.6) is 11.5 Å². The second-order valence-electron chi connectivity index (χ2n) is 7.07. The lowest BCUT2D eigenvalue weighted by molar-refractivity contribution is 0.0752. The van der Waals surface area contributed by atoms with Crippen molar-refractivity contribution in [3.05, 3.63) is 126 Å². The molecular formula is C26H21FN2O2. The maximum absolute atomic E-state index is 13.9. The largest absolute Gasteiger partial charge is 0.457 e. The van der Waals surface area contributed by atoms with Crippen LogP contribution in [0.1, 0.15) is 27.7 Å². The molecule has 0 saturated heterocycles. The van der Waals surface area contributed by atoms with Gasteiger partial charge in [0.15, 0.2) is 0 Å². The van der Waals surface area contributed by atoms with Crippen LogP contribution >= 0.6 is 0 Å². The molecule has 0 fully saturated rings. The Morgan fingerprint density at radius 2 is 1.58 bits per heavy atom. The summed E-state index contributed by atoms with van der Waals surface area (Å²) in [6, 6.07) is 27.6. The Kier molecular flexibility index (Phi) is 6.03. The molecule has 1 heterocycles. The van der Waals surface area contributed by atoms with Crippen molar-refractivity contribution in [1.29, 1.82) is 0 Å². The quantitative estimate of drug-likeness (QED) is 0.397. The van der Waals surface area contributed by atoms with Crippen molar-refractivity contribution in [3.8, 4) is 11.5 Å². The Balaban J connectivity index is 1.59. The van der Waals surface area contributed by atoms with E-state index in [1.54, 1.807) is 60.6 Å². The predicted octanol–water partition coefficient (Wildman–Crippen LogP) is 5.87. The molecule has 154 valence electrons. The molecule has 0 spiro atoms. The summed E-state index contributed by atoms with van der Waals surface area (Å²) in [5.41, 5.74) is 1.81. The topological polar surface area (TPSA) is 42.4 Å². The van der Waals surface area contributed by atoms with Crippen LogP contribution in [0.25, 0.3) is 0 Å². The smallest absolute Gasteiger partial charge is 0.254 e. The van der Waals surface area contributed by atoms with Crippen molar-refractivity contribution in [3.63, 3.8) is 0 Å². The first-order valence-corrected chi connectivity index (χ1v) is 9.88. The van der Waals surface area contributed by atoms with E-state index in [9.17, 15) is 9.18 Å². The normalized spacial score (nSPS) is 11.5. The minimum absolute atomic E-state index is 0.203. The summed E-state index contributed by atoms with van der Waals surface area (Å²) in [4.78, 5) is 19.2. The molecule has 1 amide bonds. The lowest BCUT2D eigenvalue weighted by Gasteiger charge is -2.28. The summed E-state index contributed by atoms with van der Waals surface area (Å²) < 4.78 is 19.7. The lowest BCUT2D eigenvalue weighted by atomic mass is 10.0. The number of hydrogen-bond donors (Lipinski definition) is 0. The van der Waals surface area contributed by atoms with Crippen molar-refractivity contribution in [2.45, 2.75) is 6.04 Å². The molecule has 3 aromatic carbocycles. The lowest BCUT2D eigenvalue weighted by Crippen LogP contribution is -2.32. The van der Waals surface area contributed by atoms with Gasteiger partial charge in [0.25, 0.3) is 5.91 Å².